The van der Waals surface area contributed by atoms with Crippen molar-refractivity contribution in [3.63, 3.8) is 0 Å². The zero-order valence-corrected chi connectivity index (χ0v) is 15.8. The molecule has 1 unspecified atom stereocenters. The van der Waals surface area contributed by atoms with Crippen LogP contribution in [0.15, 0.2) is 24.3 Å². The fraction of sp³-hybridized carbons (Fsp3) is 0.619. The van der Waals surface area contributed by atoms with Crippen LogP contribution in [0.25, 0.3) is 0 Å². The van der Waals surface area contributed by atoms with Crippen molar-refractivity contribution in [2.24, 2.45) is 11.8 Å². The number of hydrogen-bond donors (Lipinski definition) is 0. The summed E-state index contributed by atoms with van der Waals surface area (Å²) in [5.74, 6) is 0.109. The molecule has 1 aliphatic carbocycles. The minimum atomic E-state index is -0.269. The van der Waals surface area contributed by atoms with Crippen molar-refractivity contribution < 1.29 is 19.1 Å². The quantitative estimate of drug-likeness (QED) is 0.771. The van der Waals surface area contributed by atoms with Crippen molar-refractivity contribution in [2.75, 3.05) is 19.7 Å². The molecule has 1 fully saturated rings. The first-order valence-corrected chi connectivity index (χ1v) is 9.72. The zero-order valence-electron chi connectivity index (χ0n) is 15.8. The predicted molar refractivity (Wildman–Crippen MR) is 98.8 cm³/mol. The highest BCUT2D eigenvalue weighted by atomic mass is 16.6. The van der Waals surface area contributed by atoms with E-state index in [2.05, 4.69) is 18.2 Å². The van der Waals surface area contributed by atoms with Gasteiger partial charge in [0.25, 0.3) is 0 Å². The molecule has 5 nitrogen and oxygen atoms in total. The van der Waals surface area contributed by atoms with Crippen LogP contribution in [-0.4, -0.2) is 42.8 Å². The van der Waals surface area contributed by atoms with Gasteiger partial charge in [-0.15, -0.1) is 0 Å². The van der Waals surface area contributed by atoms with E-state index in [9.17, 15) is 9.59 Å². The molecule has 1 amide bonds. The van der Waals surface area contributed by atoms with Gasteiger partial charge < -0.3 is 14.4 Å². The fourth-order valence-corrected chi connectivity index (χ4v) is 3.65. The van der Waals surface area contributed by atoms with Gasteiger partial charge in [-0.2, -0.15) is 0 Å². The summed E-state index contributed by atoms with van der Waals surface area (Å²) in [5.41, 5.74) is 2.66. The van der Waals surface area contributed by atoms with Crippen molar-refractivity contribution in [3.05, 3.63) is 35.4 Å². The number of aryl methyl sites for hydroxylation is 1. The number of likely N-dealkylation sites (tertiary alicyclic amines) is 1. The molecule has 5 heteroatoms. The lowest BCUT2D eigenvalue weighted by Crippen LogP contribution is -2.42. The van der Waals surface area contributed by atoms with Crippen molar-refractivity contribution >= 4 is 12.1 Å². The molecule has 0 spiro atoms. The van der Waals surface area contributed by atoms with Gasteiger partial charge >= 0.3 is 12.1 Å². The Labute approximate surface area is 155 Å². The van der Waals surface area contributed by atoms with Crippen LogP contribution in [0.4, 0.5) is 4.79 Å². The van der Waals surface area contributed by atoms with Crippen LogP contribution in [0, 0.1) is 11.8 Å². The van der Waals surface area contributed by atoms with Crippen LogP contribution in [0.3, 0.4) is 0 Å². The highest BCUT2D eigenvalue weighted by Crippen LogP contribution is 2.26. The standard InChI is InChI=1S/C21H29NO4/c1-15(2)14-25-21(24)22-11-9-17(10-12-22)20(23)26-19-8-7-16-5-3-4-6-18(16)13-19/h3-6,15,17,19H,7-14H2,1-2H3. The number of fused-ring (bicyclic) bond motifs is 1. The van der Waals surface area contributed by atoms with E-state index in [1.54, 1.807) is 4.90 Å². The molecule has 1 saturated heterocycles. The molecule has 0 radical (unpaired) electrons. The topological polar surface area (TPSA) is 55.8 Å². The van der Waals surface area contributed by atoms with Gasteiger partial charge in [-0.25, -0.2) is 4.79 Å². The molecule has 0 N–H and O–H groups in total. The van der Waals surface area contributed by atoms with Gasteiger partial charge in [-0.3, -0.25) is 4.79 Å². The lowest BCUT2D eigenvalue weighted by Gasteiger charge is -2.32. The van der Waals surface area contributed by atoms with Crippen molar-refractivity contribution in [1.82, 2.24) is 4.90 Å². The minimum Gasteiger partial charge on any atom is -0.462 e. The molecule has 1 aromatic rings. The normalized spacial score (nSPS) is 20.6. The van der Waals surface area contributed by atoms with Crippen LogP contribution in [0.1, 0.15) is 44.2 Å². The molecule has 2 aliphatic rings. The molecule has 0 saturated carbocycles. The van der Waals surface area contributed by atoms with Gasteiger partial charge in [0, 0.05) is 19.5 Å². The Morgan fingerprint density at radius 3 is 2.50 bits per heavy atom. The summed E-state index contributed by atoms with van der Waals surface area (Å²) in [4.78, 5) is 26.2. The van der Waals surface area contributed by atoms with Crippen molar-refractivity contribution in [3.8, 4) is 0 Å². The van der Waals surface area contributed by atoms with Crippen molar-refractivity contribution in [2.45, 2.75) is 52.1 Å². The van der Waals surface area contributed by atoms with E-state index in [1.165, 1.54) is 11.1 Å². The van der Waals surface area contributed by atoms with Gasteiger partial charge in [0.05, 0.1) is 12.5 Å². The maximum absolute atomic E-state index is 12.5. The number of hydrogen-bond acceptors (Lipinski definition) is 4. The number of piperidine rings is 1. The van der Waals surface area contributed by atoms with Crippen LogP contribution >= 0.6 is 0 Å². The van der Waals surface area contributed by atoms with Gasteiger partial charge in [-0.1, -0.05) is 38.1 Å². The van der Waals surface area contributed by atoms with E-state index < -0.39 is 0 Å². The summed E-state index contributed by atoms with van der Waals surface area (Å²) in [7, 11) is 0. The largest absolute Gasteiger partial charge is 0.462 e. The highest BCUT2D eigenvalue weighted by molar-refractivity contribution is 5.74. The van der Waals surface area contributed by atoms with E-state index in [1.807, 2.05) is 19.9 Å². The fourth-order valence-electron chi connectivity index (χ4n) is 3.65. The molecular weight excluding hydrogens is 330 g/mol. The number of amides is 1. The number of ether oxygens (including phenoxy) is 2. The molecule has 1 atom stereocenters. The van der Waals surface area contributed by atoms with Gasteiger partial charge in [0.15, 0.2) is 0 Å². The van der Waals surface area contributed by atoms with Crippen LogP contribution in [0.5, 0.6) is 0 Å². The number of rotatable bonds is 4. The molecule has 1 aromatic carbocycles. The molecule has 0 bridgehead atoms. The second-order valence-corrected chi connectivity index (χ2v) is 7.80. The first-order valence-electron chi connectivity index (χ1n) is 9.72. The zero-order chi connectivity index (χ0) is 18.5. The van der Waals surface area contributed by atoms with E-state index in [0.717, 1.165) is 19.3 Å². The van der Waals surface area contributed by atoms with Gasteiger partial charge in [0.2, 0.25) is 0 Å². The smallest absolute Gasteiger partial charge is 0.409 e. The summed E-state index contributed by atoms with van der Waals surface area (Å²) in [6.45, 7) is 5.58. The average molecular weight is 359 g/mol. The Balaban J connectivity index is 1.44. The first-order chi connectivity index (χ1) is 12.5. The second-order valence-electron chi connectivity index (χ2n) is 7.80. The summed E-state index contributed by atoms with van der Waals surface area (Å²) in [6, 6.07) is 8.38. The first kappa shape index (κ1) is 18.7. The predicted octanol–water partition coefficient (Wildman–Crippen LogP) is 3.59. The van der Waals surface area contributed by atoms with Crippen LogP contribution in [0.2, 0.25) is 0 Å². The van der Waals surface area contributed by atoms with Gasteiger partial charge in [0.1, 0.15) is 6.10 Å². The highest BCUT2D eigenvalue weighted by Gasteiger charge is 2.31. The Morgan fingerprint density at radius 2 is 1.81 bits per heavy atom. The summed E-state index contributed by atoms with van der Waals surface area (Å²) < 4.78 is 11.1. The maximum Gasteiger partial charge on any atom is 0.409 e. The molecule has 142 valence electrons. The second kappa shape index (κ2) is 8.56. The van der Waals surface area contributed by atoms with E-state index in [0.29, 0.717) is 38.5 Å². The monoisotopic (exact) mass is 359 g/mol. The lowest BCUT2D eigenvalue weighted by atomic mass is 9.89. The molecule has 26 heavy (non-hydrogen) atoms. The third-order valence-electron chi connectivity index (χ3n) is 5.21. The molecule has 1 heterocycles. The number of carbonyl (C=O) groups excluding carboxylic acids is 2. The van der Waals surface area contributed by atoms with E-state index in [4.69, 9.17) is 9.47 Å². The number of carbonyl (C=O) groups is 2. The Hall–Kier alpha value is -2.04. The molecule has 0 aromatic heterocycles. The summed E-state index contributed by atoms with van der Waals surface area (Å²) >= 11 is 0. The molecule has 1 aliphatic heterocycles. The third kappa shape index (κ3) is 4.77. The molecular formula is C21H29NO4. The van der Waals surface area contributed by atoms with Gasteiger partial charge in [-0.05, 0) is 42.7 Å². The Bertz CT molecular complexity index is 635. The maximum atomic E-state index is 12.5. The summed E-state index contributed by atoms with van der Waals surface area (Å²) in [5, 5.41) is 0. The van der Waals surface area contributed by atoms with E-state index >= 15 is 0 Å². The number of nitrogens with zero attached hydrogens (tertiary/aromatic N) is 1. The number of benzene rings is 1. The third-order valence-corrected chi connectivity index (χ3v) is 5.21. The summed E-state index contributed by atoms with van der Waals surface area (Å²) in [6.07, 6.45) is 3.68. The average Bonchev–Trinajstić information content (AvgIpc) is 2.66. The number of esters is 1. The van der Waals surface area contributed by atoms with E-state index in [-0.39, 0.29) is 24.1 Å². The van der Waals surface area contributed by atoms with Crippen LogP contribution in [-0.2, 0) is 27.1 Å². The minimum absolute atomic E-state index is 0.0218. The Kier molecular flexibility index (Phi) is 6.17. The lowest BCUT2D eigenvalue weighted by molar-refractivity contribution is -0.156. The SMILES string of the molecule is CC(C)COC(=O)N1CCC(C(=O)OC2CCc3ccccc3C2)CC1. The van der Waals surface area contributed by atoms with Crippen molar-refractivity contribution in [1.29, 1.82) is 0 Å². The van der Waals surface area contributed by atoms with Crippen LogP contribution < -0.4 is 0 Å². The molecule has 3 rings (SSSR count). The Morgan fingerprint density at radius 1 is 1.12 bits per heavy atom.